The van der Waals surface area contributed by atoms with E-state index in [4.69, 9.17) is 0 Å². The lowest BCUT2D eigenvalue weighted by Gasteiger charge is -2.12. The van der Waals surface area contributed by atoms with Crippen molar-refractivity contribution in [1.82, 2.24) is 10.3 Å². The van der Waals surface area contributed by atoms with Gasteiger partial charge in [-0.05, 0) is 30.7 Å². The fourth-order valence-corrected chi connectivity index (χ4v) is 2.15. The number of carbonyl (C=O) groups is 2. The third-order valence-corrected chi connectivity index (χ3v) is 3.59. The van der Waals surface area contributed by atoms with Gasteiger partial charge in [-0.3, -0.25) is 19.7 Å². The summed E-state index contributed by atoms with van der Waals surface area (Å²) < 4.78 is 0. The Hall–Kier alpha value is -3.49. The molecule has 2 rings (SSSR count). The van der Waals surface area contributed by atoms with E-state index >= 15 is 0 Å². The first-order chi connectivity index (χ1) is 12.3. The number of aryl methyl sites for hydroxylation is 1. The molecule has 0 saturated heterocycles. The van der Waals surface area contributed by atoms with Crippen LogP contribution in [-0.4, -0.2) is 35.8 Å². The number of nitro benzene ring substituents is 1. The summed E-state index contributed by atoms with van der Waals surface area (Å²) in [5.41, 5.74) is 1.31. The van der Waals surface area contributed by atoms with Crippen LogP contribution in [0.15, 0.2) is 36.5 Å². The Balaban J connectivity index is 1.98. The number of rotatable bonds is 5. The summed E-state index contributed by atoms with van der Waals surface area (Å²) in [7, 11) is 3.69. The molecule has 26 heavy (non-hydrogen) atoms. The van der Waals surface area contributed by atoms with Gasteiger partial charge in [0.1, 0.15) is 5.82 Å². The minimum Gasteiger partial charge on any atom is -0.363 e. The minimum atomic E-state index is -0.898. The number of nitrogens with one attached hydrogen (secondary N) is 2. The van der Waals surface area contributed by atoms with Crippen LogP contribution < -0.4 is 15.5 Å². The SMILES string of the molecule is Cc1ccc(NC(=O)C(=O)NCc2ccnc(N(C)C)c2)cc1[N+](=O)[O-]. The Labute approximate surface area is 150 Å². The van der Waals surface area contributed by atoms with Crippen LogP contribution in [-0.2, 0) is 16.1 Å². The summed E-state index contributed by atoms with van der Waals surface area (Å²) in [6, 6.07) is 7.74. The molecule has 0 bridgehead atoms. The van der Waals surface area contributed by atoms with Gasteiger partial charge in [0, 0.05) is 44.2 Å². The smallest absolute Gasteiger partial charge is 0.313 e. The van der Waals surface area contributed by atoms with Gasteiger partial charge in [-0.25, -0.2) is 4.98 Å². The van der Waals surface area contributed by atoms with E-state index in [1.54, 1.807) is 25.3 Å². The fraction of sp³-hybridized carbons (Fsp3) is 0.235. The first kappa shape index (κ1) is 18.8. The number of hydrogen-bond donors (Lipinski definition) is 2. The van der Waals surface area contributed by atoms with Crippen LogP contribution in [0.3, 0.4) is 0 Å². The molecule has 0 aliphatic heterocycles. The van der Waals surface area contributed by atoms with E-state index in [0.29, 0.717) is 5.56 Å². The van der Waals surface area contributed by atoms with Gasteiger partial charge in [0.15, 0.2) is 0 Å². The molecule has 1 aromatic carbocycles. The third kappa shape index (κ3) is 4.76. The fourth-order valence-electron chi connectivity index (χ4n) is 2.15. The molecule has 2 aromatic rings. The van der Waals surface area contributed by atoms with Crippen LogP contribution in [0.1, 0.15) is 11.1 Å². The number of pyridine rings is 1. The highest BCUT2D eigenvalue weighted by atomic mass is 16.6. The topological polar surface area (TPSA) is 117 Å². The van der Waals surface area contributed by atoms with E-state index in [1.807, 2.05) is 19.0 Å². The number of hydrogen-bond acceptors (Lipinski definition) is 6. The van der Waals surface area contributed by atoms with Gasteiger partial charge in [-0.2, -0.15) is 0 Å². The molecule has 1 heterocycles. The van der Waals surface area contributed by atoms with Crippen molar-refractivity contribution in [3.63, 3.8) is 0 Å². The van der Waals surface area contributed by atoms with E-state index in [2.05, 4.69) is 15.6 Å². The predicted molar refractivity (Wildman–Crippen MR) is 96.9 cm³/mol. The maximum atomic E-state index is 12.0. The van der Waals surface area contributed by atoms with Crippen molar-refractivity contribution in [1.29, 1.82) is 0 Å². The molecule has 0 radical (unpaired) electrons. The van der Waals surface area contributed by atoms with E-state index < -0.39 is 16.7 Å². The van der Waals surface area contributed by atoms with Gasteiger partial charge < -0.3 is 15.5 Å². The molecule has 2 amide bonds. The molecular weight excluding hydrogens is 338 g/mol. The normalized spacial score (nSPS) is 10.1. The Morgan fingerprint density at radius 1 is 1.19 bits per heavy atom. The predicted octanol–water partition coefficient (Wildman–Crippen LogP) is 1.62. The van der Waals surface area contributed by atoms with Crippen LogP contribution in [0, 0.1) is 17.0 Å². The lowest BCUT2D eigenvalue weighted by atomic mass is 10.2. The summed E-state index contributed by atoms with van der Waals surface area (Å²) in [6.45, 7) is 1.75. The maximum Gasteiger partial charge on any atom is 0.313 e. The highest BCUT2D eigenvalue weighted by molar-refractivity contribution is 6.39. The quantitative estimate of drug-likeness (QED) is 0.477. The molecule has 0 fully saturated rings. The second kappa shape index (κ2) is 8.06. The third-order valence-electron chi connectivity index (χ3n) is 3.59. The van der Waals surface area contributed by atoms with Crippen molar-refractivity contribution < 1.29 is 14.5 Å². The second-order valence-electron chi connectivity index (χ2n) is 5.81. The number of benzene rings is 1. The van der Waals surface area contributed by atoms with E-state index in [-0.39, 0.29) is 17.9 Å². The summed E-state index contributed by atoms with van der Waals surface area (Å²) in [5, 5.41) is 15.8. The standard InChI is InChI=1S/C17H19N5O4/c1-11-4-5-13(9-14(11)22(25)26)20-17(24)16(23)19-10-12-6-7-18-15(8-12)21(2)3/h4-9H,10H2,1-3H3,(H,19,23)(H,20,24). The average molecular weight is 357 g/mol. The highest BCUT2D eigenvalue weighted by Gasteiger charge is 2.16. The monoisotopic (exact) mass is 357 g/mol. The van der Waals surface area contributed by atoms with Gasteiger partial charge >= 0.3 is 11.8 Å². The van der Waals surface area contributed by atoms with Crippen LogP contribution in [0.2, 0.25) is 0 Å². The Morgan fingerprint density at radius 2 is 1.92 bits per heavy atom. The summed E-state index contributed by atoms with van der Waals surface area (Å²) in [5.74, 6) is -1.00. The largest absolute Gasteiger partial charge is 0.363 e. The Kier molecular flexibility index (Phi) is 5.84. The zero-order valence-corrected chi connectivity index (χ0v) is 14.6. The van der Waals surface area contributed by atoms with Crippen LogP contribution >= 0.6 is 0 Å². The number of anilines is 2. The molecule has 0 aliphatic carbocycles. The van der Waals surface area contributed by atoms with Crippen LogP contribution in [0.5, 0.6) is 0 Å². The molecule has 0 spiro atoms. The molecule has 9 nitrogen and oxygen atoms in total. The van der Waals surface area contributed by atoms with Crippen molar-refractivity contribution in [2.45, 2.75) is 13.5 Å². The average Bonchev–Trinajstić information content (AvgIpc) is 2.61. The molecular formula is C17H19N5O4. The maximum absolute atomic E-state index is 12.0. The Morgan fingerprint density at radius 3 is 2.58 bits per heavy atom. The molecule has 136 valence electrons. The van der Waals surface area contributed by atoms with Gasteiger partial charge in [-0.15, -0.1) is 0 Å². The second-order valence-corrected chi connectivity index (χ2v) is 5.81. The summed E-state index contributed by atoms with van der Waals surface area (Å²) in [6.07, 6.45) is 1.61. The number of nitro groups is 1. The molecule has 2 N–H and O–H groups in total. The molecule has 0 saturated carbocycles. The van der Waals surface area contributed by atoms with Gasteiger partial charge in [0.2, 0.25) is 0 Å². The van der Waals surface area contributed by atoms with Crippen LogP contribution in [0.25, 0.3) is 0 Å². The van der Waals surface area contributed by atoms with Crippen molar-refractivity contribution in [3.05, 3.63) is 57.8 Å². The van der Waals surface area contributed by atoms with Crippen molar-refractivity contribution >= 4 is 29.0 Å². The molecule has 9 heteroatoms. The van der Waals surface area contributed by atoms with E-state index in [0.717, 1.165) is 11.4 Å². The van der Waals surface area contributed by atoms with Crippen molar-refractivity contribution in [3.8, 4) is 0 Å². The number of nitrogens with zero attached hydrogens (tertiary/aromatic N) is 3. The molecule has 0 aliphatic rings. The van der Waals surface area contributed by atoms with E-state index in [1.165, 1.54) is 18.2 Å². The van der Waals surface area contributed by atoms with Crippen molar-refractivity contribution in [2.75, 3.05) is 24.3 Å². The zero-order chi connectivity index (χ0) is 19.3. The number of aromatic nitrogens is 1. The first-order valence-corrected chi connectivity index (χ1v) is 7.74. The summed E-state index contributed by atoms with van der Waals surface area (Å²) in [4.78, 5) is 40.3. The molecule has 0 atom stereocenters. The first-order valence-electron chi connectivity index (χ1n) is 7.74. The summed E-state index contributed by atoms with van der Waals surface area (Å²) >= 11 is 0. The zero-order valence-electron chi connectivity index (χ0n) is 14.6. The molecule has 0 unspecified atom stereocenters. The van der Waals surface area contributed by atoms with E-state index in [9.17, 15) is 19.7 Å². The van der Waals surface area contributed by atoms with Gasteiger partial charge in [0.25, 0.3) is 5.69 Å². The lowest BCUT2D eigenvalue weighted by Crippen LogP contribution is -2.35. The van der Waals surface area contributed by atoms with Crippen molar-refractivity contribution in [2.24, 2.45) is 0 Å². The number of amides is 2. The van der Waals surface area contributed by atoms with Gasteiger partial charge in [-0.1, -0.05) is 6.07 Å². The highest BCUT2D eigenvalue weighted by Crippen LogP contribution is 2.22. The van der Waals surface area contributed by atoms with Crippen LogP contribution in [0.4, 0.5) is 17.2 Å². The Bertz CT molecular complexity index is 851. The van der Waals surface area contributed by atoms with Gasteiger partial charge in [0.05, 0.1) is 4.92 Å². The minimum absolute atomic E-state index is 0.129. The number of carbonyl (C=O) groups excluding carboxylic acids is 2. The lowest BCUT2D eigenvalue weighted by molar-refractivity contribution is -0.385. The molecule has 1 aromatic heterocycles.